The van der Waals surface area contributed by atoms with Crippen LogP contribution in [0.1, 0.15) is 33.6 Å². The fourth-order valence-corrected chi connectivity index (χ4v) is 2.99. The molecule has 0 aliphatic carbocycles. The van der Waals surface area contributed by atoms with E-state index in [0.29, 0.717) is 11.1 Å². The lowest BCUT2D eigenvalue weighted by molar-refractivity contribution is 0.0929. The number of hydrogen-bond acceptors (Lipinski definition) is 3. The molecule has 2 N–H and O–H groups in total. The van der Waals surface area contributed by atoms with Crippen molar-refractivity contribution in [2.45, 2.75) is 18.9 Å². The molecule has 1 heterocycles. The van der Waals surface area contributed by atoms with E-state index in [1.54, 1.807) is 36.2 Å². The monoisotopic (exact) mass is 337 g/mol. The number of benzene rings is 2. The quantitative estimate of drug-likeness (QED) is 0.901. The van der Waals surface area contributed by atoms with Crippen LogP contribution in [0.25, 0.3) is 0 Å². The molecule has 1 aliphatic heterocycles. The van der Waals surface area contributed by atoms with E-state index in [4.69, 9.17) is 0 Å². The summed E-state index contributed by atoms with van der Waals surface area (Å²) in [5.41, 5.74) is 1.84. The largest absolute Gasteiger partial charge is 0.349 e. The molecule has 0 radical (unpaired) electrons. The topological polar surface area (TPSA) is 61.4 Å². The number of amides is 2. The zero-order valence-electron chi connectivity index (χ0n) is 14.4. The second-order valence-electron chi connectivity index (χ2n) is 6.28. The Labute approximate surface area is 148 Å². The lowest BCUT2D eigenvalue weighted by Crippen LogP contribution is -2.42. The van der Waals surface area contributed by atoms with E-state index in [-0.39, 0.29) is 17.9 Å². The lowest BCUT2D eigenvalue weighted by atomic mass is 10.0. The van der Waals surface area contributed by atoms with Crippen molar-refractivity contribution in [3.05, 3.63) is 65.7 Å². The second-order valence-corrected chi connectivity index (χ2v) is 6.28. The summed E-state index contributed by atoms with van der Waals surface area (Å²) >= 11 is 0. The van der Waals surface area contributed by atoms with Gasteiger partial charge in [0.05, 0.1) is 0 Å². The van der Waals surface area contributed by atoms with Gasteiger partial charge in [-0.3, -0.25) is 9.59 Å². The fraction of sp³-hybridized carbons (Fsp3) is 0.300. The third-order valence-corrected chi connectivity index (χ3v) is 4.49. The molecule has 0 atom stereocenters. The van der Waals surface area contributed by atoms with E-state index in [2.05, 4.69) is 10.6 Å². The van der Waals surface area contributed by atoms with E-state index < -0.39 is 0 Å². The molecule has 2 aromatic rings. The molecule has 1 saturated heterocycles. The minimum absolute atomic E-state index is 0.121. The van der Waals surface area contributed by atoms with E-state index in [9.17, 15) is 9.59 Å². The first kappa shape index (κ1) is 17.2. The molecule has 2 amide bonds. The molecule has 0 unspecified atom stereocenters. The molecule has 0 saturated carbocycles. The van der Waals surface area contributed by atoms with E-state index in [1.807, 2.05) is 30.3 Å². The molecule has 0 bridgehead atoms. The van der Waals surface area contributed by atoms with Crippen LogP contribution in [0.4, 0.5) is 5.69 Å². The summed E-state index contributed by atoms with van der Waals surface area (Å²) in [4.78, 5) is 26.8. The van der Waals surface area contributed by atoms with Crippen molar-refractivity contribution in [3.8, 4) is 0 Å². The zero-order chi connectivity index (χ0) is 17.6. The Balaban J connectivity index is 1.72. The average molecular weight is 337 g/mol. The lowest BCUT2D eigenvalue weighted by Gasteiger charge is -2.23. The van der Waals surface area contributed by atoms with Gasteiger partial charge in [-0.05, 0) is 56.3 Å². The van der Waals surface area contributed by atoms with Gasteiger partial charge < -0.3 is 15.5 Å². The predicted molar refractivity (Wildman–Crippen MR) is 99.0 cm³/mol. The molecule has 5 nitrogen and oxygen atoms in total. The molecular weight excluding hydrogens is 314 g/mol. The van der Waals surface area contributed by atoms with Crippen LogP contribution < -0.4 is 15.5 Å². The van der Waals surface area contributed by atoms with Crippen molar-refractivity contribution in [1.29, 1.82) is 0 Å². The van der Waals surface area contributed by atoms with Gasteiger partial charge in [-0.25, -0.2) is 0 Å². The molecule has 130 valence electrons. The summed E-state index contributed by atoms with van der Waals surface area (Å²) in [5.74, 6) is -0.258. The Kier molecular flexibility index (Phi) is 5.46. The van der Waals surface area contributed by atoms with E-state index in [1.165, 1.54) is 0 Å². The van der Waals surface area contributed by atoms with Gasteiger partial charge in [0.15, 0.2) is 0 Å². The Bertz CT molecular complexity index is 740. The Morgan fingerprint density at radius 3 is 2.40 bits per heavy atom. The van der Waals surface area contributed by atoms with E-state index in [0.717, 1.165) is 31.6 Å². The molecule has 2 aromatic carbocycles. The average Bonchev–Trinajstić information content (AvgIpc) is 2.68. The highest BCUT2D eigenvalue weighted by molar-refractivity contribution is 6.07. The molecule has 3 rings (SSSR count). The minimum atomic E-state index is -0.136. The van der Waals surface area contributed by atoms with Crippen LogP contribution in [-0.4, -0.2) is 38.0 Å². The van der Waals surface area contributed by atoms with Crippen LogP contribution in [0, 0.1) is 0 Å². The smallest absolute Gasteiger partial charge is 0.258 e. The number of carbonyl (C=O) groups is 2. The van der Waals surface area contributed by atoms with E-state index >= 15 is 0 Å². The summed E-state index contributed by atoms with van der Waals surface area (Å²) in [5, 5.41) is 6.34. The van der Waals surface area contributed by atoms with Crippen LogP contribution in [-0.2, 0) is 0 Å². The van der Waals surface area contributed by atoms with Gasteiger partial charge in [-0.2, -0.15) is 0 Å². The highest BCUT2D eigenvalue weighted by atomic mass is 16.2. The number of piperidine rings is 1. The summed E-state index contributed by atoms with van der Waals surface area (Å²) < 4.78 is 0. The SMILES string of the molecule is CN(C(=O)c1cccc(C(=O)NC2CCNCC2)c1)c1ccccc1. The van der Waals surface area contributed by atoms with Gasteiger partial charge >= 0.3 is 0 Å². The van der Waals surface area contributed by atoms with Crippen LogP contribution in [0.5, 0.6) is 0 Å². The van der Waals surface area contributed by atoms with Gasteiger partial charge in [0, 0.05) is 29.9 Å². The third-order valence-electron chi connectivity index (χ3n) is 4.49. The summed E-state index contributed by atoms with van der Waals surface area (Å²) in [6.45, 7) is 1.84. The number of carbonyl (C=O) groups excluding carboxylic acids is 2. The second kappa shape index (κ2) is 7.94. The Morgan fingerprint density at radius 2 is 1.68 bits per heavy atom. The van der Waals surface area contributed by atoms with Crippen molar-refractivity contribution in [2.75, 3.05) is 25.0 Å². The van der Waals surface area contributed by atoms with Gasteiger partial charge in [0.2, 0.25) is 0 Å². The number of rotatable bonds is 4. The van der Waals surface area contributed by atoms with Gasteiger partial charge in [0.1, 0.15) is 0 Å². The Morgan fingerprint density at radius 1 is 1.00 bits per heavy atom. The van der Waals surface area contributed by atoms with Gasteiger partial charge in [-0.1, -0.05) is 24.3 Å². The molecule has 0 spiro atoms. The fourth-order valence-electron chi connectivity index (χ4n) is 2.99. The van der Waals surface area contributed by atoms with Crippen molar-refractivity contribution in [1.82, 2.24) is 10.6 Å². The van der Waals surface area contributed by atoms with Crippen LogP contribution >= 0.6 is 0 Å². The third kappa shape index (κ3) is 4.25. The van der Waals surface area contributed by atoms with Gasteiger partial charge in [0.25, 0.3) is 11.8 Å². The van der Waals surface area contributed by atoms with Crippen molar-refractivity contribution in [3.63, 3.8) is 0 Å². The molecule has 5 heteroatoms. The Hall–Kier alpha value is -2.66. The molecule has 1 fully saturated rings. The minimum Gasteiger partial charge on any atom is -0.349 e. The number of para-hydroxylation sites is 1. The molecular formula is C20H23N3O2. The summed E-state index contributed by atoms with van der Waals surface area (Å²) in [7, 11) is 1.74. The maximum absolute atomic E-state index is 12.7. The van der Waals surface area contributed by atoms with Crippen molar-refractivity contribution < 1.29 is 9.59 Å². The first-order chi connectivity index (χ1) is 12.1. The zero-order valence-corrected chi connectivity index (χ0v) is 14.4. The number of anilines is 1. The predicted octanol–water partition coefficient (Wildman–Crippen LogP) is 2.45. The maximum Gasteiger partial charge on any atom is 0.258 e. The summed E-state index contributed by atoms with van der Waals surface area (Å²) in [6, 6.07) is 16.6. The maximum atomic E-state index is 12.7. The van der Waals surface area contributed by atoms with Crippen LogP contribution in [0.2, 0.25) is 0 Å². The highest BCUT2D eigenvalue weighted by Crippen LogP contribution is 2.16. The first-order valence-electron chi connectivity index (χ1n) is 8.60. The van der Waals surface area contributed by atoms with Gasteiger partial charge in [-0.15, -0.1) is 0 Å². The molecule has 0 aromatic heterocycles. The molecule has 1 aliphatic rings. The van der Waals surface area contributed by atoms with Crippen LogP contribution in [0.3, 0.4) is 0 Å². The number of nitrogens with zero attached hydrogens (tertiary/aromatic N) is 1. The normalized spacial score (nSPS) is 14.8. The van der Waals surface area contributed by atoms with Crippen LogP contribution in [0.15, 0.2) is 54.6 Å². The number of nitrogens with one attached hydrogen (secondary N) is 2. The first-order valence-corrected chi connectivity index (χ1v) is 8.60. The van der Waals surface area contributed by atoms with Crippen molar-refractivity contribution >= 4 is 17.5 Å². The summed E-state index contributed by atoms with van der Waals surface area (Å²) in [6.07, 6.45) is 1.86. The molecule has 25 heavy (non-hydrogen) atoms. The highest BCUT2D eigenvalue weighted by Gasteiger charge is 2.18. The van der Waals surface area contributed by atoms with Crippen molar-refractivity contribution in [2.24, 2.45) is 0 Å². The standard InChI is InChI=1S/C20H23N3O2/c1-23(18-8-3-2-4-9-18)20(25)16-7-5-6-15(14-16)19(24)22-17-10-12-21-13-11-17/h2-9,14,17,21H,10-13H2,1H3,(H,22,24). The number of hydrogen-bond donors (Lipinski definition) is 2.